The average molecular weight is 1330 g/mol. The monoisotopic (exact) mass is 1330 g/mol. The molecule has 10 aromatic carbocycles. The third kappa shape index (κ3) is 11.9. The van der Waals surface area contributed by atoms with E-state index >= 15 is 0 Å². The van der Waals surface area contributed by atoms with Gasteiger partial charge in [0, 0.05) is 72.5 Å². The first-order valence-corrected chi connectivity index (χ1v) is 33.7. The molecule has 0 spiro atoms. The molecule has 101 heavy (non-hydrogen) atoms. The molecule has 12 nitrogen and oxygen atoms in total. The lowest BCUT2D eigenvalue weighted by Gasteiger charge is -2.32. The van der Waals surface area contributed by atoms with Gasteiger partial charge in [-0.15, -0.1) is 0 Å². The minimum absolute atomic E-state index is 0. The van der Waals surface area contributed by atoms with Gasteiger partial charge in [-0.05, 0) is 103 Å². The van der Waals surface area contributed by atoms with Crippen LogP contribution in [0.3, 0.4) is 0 Å². The van der Waals surface area contributed by atoms with Crippen molar-refractivity contribution in [2.75, 3.05) is 0 Å². The van der Waals surface area contributed by atoms with Gasteiger partial charge in [0.2, 0.25) is 5.28 Å². The molecule has 14 heteroatoms. The minimum Gasteiger partial charge on any atom is -0.399 e. The number of nitrogens with zero attached hydrogens (tertiary/aromatic N) is 10. The summed E-state index contributed by atoms with van der Waals surface area (Å²) >= 11 is 6.08. The molecule has 18 aromatic rings. The molecule has 0 unspecified atom stereocenters. The zero-order valence-corrected chi connectivity index (χ0v) is 55.9. The van der Waals surface area contributed by atoms with Crippen molar-refractivity contribution in [3.8, 4) is 78.7 Å². The maximum Gasteiger partial charge on any atom is 0.494 e. The molecular formula is C87H66BClN10O2. The molecule has 0 bridgehead atoms. The Hall–Kier alpha value is -12.1. The van der Waals surface area contributed by atoms with Gasteiger partial charge in [0.05, 0.1) is 45.0 Å². The van der Waals surface area contributed by atoms with Crippen molar-refractivity contribution < 1.29 is 9.31 Å². The molecule has 1 fully saturated rings. The molecule has 0 radical (unpaired) electrons. The first kappa shape index (κ1) is 63.6. The SMILES string of the molecule is C.CC1(C)OB(c2ccc(-c3nc4c(nc5ccccn54)c4ccccc34)cc2)OC1(C)C.Clc1nc(-c2ccc(-c3ccccc3)cc2)c2ccccc2n1.c1ccc(-c2ccc(-c3nc(-c4ccc(-c5nc6c(nc7ccccn76)c6ccccc56)cc4)nc4ccccc34)cc2)cc1. The second kappa shape index (κ2) is 26.3. The molecule has 19 rings (SSSR count). The minimum atomic E-state index is -0.375. The van der Waals surface area contributed by atoms with Crippen LogP contribution in [0, 0.1) is 0 Å². The largest absolute Gasteiger partial charge is 0.494 e. The zero-order valence-electron chi connectivity index (χ0n) is 55.1. The fourth-order valence-electron chi connectivity index (χ4n) is 13.3. The maximum atomic E-state index is 6.21. The van der Waals surface area contributed by atoms with Crippen LogP contribution in [0.25, 0.3) is 156 Å². The molecule has 8 aromatic heterocycles. The Kier molecular flexibility index (Phi) is 16.5. The second-order valence-electron chi connectivity index (χ2n) is 25.9. The van der Waals surface area contributed by atoms with Crippen molar-refractivity contribution >= 4 is 101 Å². The molecule has 486 valence electrons. The lowest BCUT2D eigenvalue weighted by Crippen LogP contribution is -2.41. The molecule has 0 saturated carbocycles. The number of hydrogen-bond donors (Lipinski definition) is 0. The number of fused-ring (bicyclic) bond motifs is 12. The number of halogens is 1. The summed E-state index contributed by atoms with van der Waals surface area (Å²) < 4.78 is 16.5. The standard InChI is InChI=1S/C40H25N5.C26H24BN3O2.C20H13ClN2.CH4/c1-2-10-26(11-3-1)27-17-19-29(20-18-27)37-33-14-6-7-15-34(33)41-39(43-37)30-23-21-28(22-24-30)36-31-12-4-5-13-32(31)38-40(44-36)45-25-9-8-16-35(45)42-38;1-25(2)26(3,4)32-27(31-25)18-14-12-17(13-15-18)22-19-9-5-6-10-20(19)23-24(29-22)30-16-8-7-11-21(30)28-23;21-20-22-18-9-5-4-8-17(18)19(23-20)16-12-10-15(11-13-16)14-6-2-1-3-7-14;/h1-25H;5-16H,1-4H3;1-13H;1H4. The van der Waals surface area contributed by atoms with Crippen LogP contribution in [-0.4, -0.2) is 67.0 Å². The van der Waals surface area contributed by atoms with E-state index in [0.717, 1.165) is 133 Å². The van der Waals surface area contributed by atoms with Crippen LogP contribution in [0.4, 0.5) is 0 Å². The number of pyridine rings is 4. The van der Waals surface area contributed by atoms with Gasteiger partial charge >= 0.3 is 7.12 Å². The number of rotatable bonds is 8. The van der Waals surface area contributed by atoms with Crippen molar-refractivity contribution in [1.82, 2.24) is 48.7 Å². The highest BCUT2D eigenvalue weighted by Crippen LogP contribution is 2.40. The highest BCUT2D eigenvalue weighted by Gasteiger charge is 2.51. The number of hydrogen-bond acceptors (Lipinski definition) is 10. The highest BCUT2D eigenvalue weighted by atomic mass is 35.5. The van der Waals surface area contributed by atoms with E-state index in [1.165, 1.54) is 22.3 Å². The van der Waals surface area contributed by atoms with Crippen molar-refractivity contribution in [2.45, 2.75) is 46.3 Å². The summed E-state index contributed by atoms with van der Waals surface area (Å²) in [7, 11) is -0.375. The van der Waals surface area contributed by atoms with E-state index in [-0.39, 0.29) is 31.0 Å². The normalized spacial score (nSPS) is 13.2. The fourth-order valence-corrected chi connectivity index (χ4v) is 13.4. The Labute approximate surface area is 589 Å². The topological polar surface area (TPSA) is 130 Å². The summed E-state index contributed by atoms with van der Waals surface area (Å²) in [6.07, 6.45) is 4.03. The number of aromatic nitrogens is 10. The molecule has 0 aliphatic carbocycles. The van der Waals surface area contributed by atoms with E-state index in [4.69, 9.17) is 50.8 Å². The van der Waals surface area contributed by atoms with Crippen LogP contribution in [0.15, 0.2) is 304 Å². The Morgan fingerprint density at radius 1 is 0.297 bits per heavy atom. The van der Waals surface area contributed by atoms with Crippen LogP contribution in [0.2, 0.25) is 5.28 Å². The predicted molar refractivity (Wildman–Crippen MR) is 414 cm³/mol. The van der Waals surface area contributed by atoms with E-state index in [1.807, 2.05) is 120 Å². The molecule has 1 aliphatic heterocycles. The Morgan fingerprint density at radius 2 is 0.634 bits per heavy atom. The van der Waals surface area contributed by atoms with Crippen LogP contribution in [-0.2, 0) is 9.31 Å². The zero-order chi connectivity index (χ0) is 67.5. The van der Waals surface area contributed by atoms with Gasteiger partial charge in [-0.25, -0.2) is 39.9 Å². The Bertz CT molecular complexity index is 6100. The van der Waals surface area contributed by atoms with E-state index in [0.29, 0.717) is 5.82 Å². The molecule has 0 amide bonds. The number of benzene rings is 10. The molecule has 1 saturated heterocycles. The van der Waals surface area contributed by atoms with Crippen LogP contribution >= 0.6 is 11.6 Å². The van der Waals surface area contributed by atoms with Crippen molar-refractivity contribution in [2.24, 2.45) is 0 Å². The summed E-state index contributed by atoms with van der Waals surface area (Å²) in [5, 5.41) is 6.66. The lowest BCUT2D eigenvalue weighted by atomic mass is 9.78. The molecular weight excluding hydrogens is 1260 g/mol. The van der Waals surface area contributed by atoms with Crippen molar-refractivity contribution in [1.29, 1.82) is 0 Å². The summed E-state index contributed by atoms with van der Waals surface area (Å²) in [6.45, 7) is 8.29. The summed E-state index contributed by atoms with van der Waals surface area (Å²) in [5.41, 5.74) is 20.9. The van der Waals surface area contributed by atoms with E-state index in [9.17, 15) is 0 Å². The number of imidazole rings is 2. The predicted octanol–water partition coefficient (Wildman–Crippen LogP) is 20.9. The molecule has 0 atom stereocenters. The summed E-state index contributed by atoms with van der Waals surface area (Å²) in [5.74, 6) is 0.692. The quantitative estimate of drug-likeness (QED) is 0.107. The average Bonchev–Trinajstić information content (AvgIpc) is 1.64. The summed E-state index contributed by atoms with van der Waals surface area (Å²) in [6, 6.07) is 99.4. The highest BCUT2D eigenvalue weighted by molar-refractivity contribution is 6.62. The van der Waals surface area contributed by atoms with Gasteiger partial charge in [-0.1, -0.05) is 262 Å². The van der Waals surface area contributed by atoms with Crippen LogP contribution in [0.1, 0.15) is 35.1 Å². The fraction of sp³-hybridized carbons (Fsp3) is 0.0805. The molecule has 9 heterocycles. The van der Waals surface area contributed by atoms with E-state index in [2.05, 4.69) is 230 Å². The van der Waals surface area contributed by atoms with Crippen molar-refractivity contribution in [3.63, 3.8) is 0 Å². The third-order valence-corrected chi connectivity index (χ3v) is 19.3. The van der Waals surface area contributed by atoms with Crippen LogP contribution < -0.4 is 5.46 Å². The van der Waals surface area contributed by atoms with E-state index < -0.39 is 0 Å². The number of para-hydroxylation sites is 2. The van der Waals surface area contributed by atoms with Gasteiger partial charge in [0.1, 0.15) is 22.3 Å². The van der Waals surface area contributed by atoms with Gasteiger partial charge in [-0.3, -0.25) is 8.80 Å². The lowest BCUT2D eigenvalue weighted by molar-refractivity contribution is 0.00578. The Balaban J connectivity index is 0.000000124. The smallest absolute Gasteiger partial charge is 0.399 e. The van der Waals surface area contributed by atoms with Gasteiger partial charge in [0.25, 0.3) is 0 Å². The van der Waals surface area contributed by atoms with Gasteiger partial charge in [-0.2, -0.15) is 0 Å². The first-order chi connectivity index (χ1) is 48.9. The first-order valence-electron chi connectivity index (χ1n) is 33.3. The second-order valence-corrected chi connectivity index (χ2v) is 26.2. The van der Waals surface area contributed by atoms with E-state index in [1.54, 1.807) is 0 Å². The molecule has 0 N–H and O–H groups in total. The van der Waals surface area contributed by atoms with Gasteiger partial charge in [0.15, 0.2) is 17.1 Å². The van der Waals surface area contributed by atoms with Crippen molar-refractivity contribution in [3.05, 3.63) is 309 Å². The maximum absolute atomic E-state index is 6.21. The summed E-state index contributed by atoms with van der Waals surface area (Å²) in [4.78, 5) is 38.8. The van der Waals surface area contributed by atoms with Gasteiger partial charge < -0.3 is 9.31 Å². The third-order valence-electron chi connectivity index (χ3n) is 19.2. The molecule has 1 aliphatic rings. The van der Waals surface area contributed by atoms with Crippen LogP contribution in [0.5, 0.6) is 0 Å². The Morgan fingerprint density at radius 3 is 1.09 bits per heavy atom.